The molecule has 0 aliphatic carbocycles. The van der Waals surface area contributed by atoms with Crippen molar-refractivity contribution in [3.05, 3.63) is 25.6 Å². The summed E-state index contributed by atoms with van der Waals surface area (Å²) in [5.41, 5.74) is 0. The highest BCUT2D eigenvalue weighted by Crippen LogP contribution is 2.35. The zero-order valence-corrected chi connectivity index (χ0v) is 14.7. The van der Waals surface area contributed by atoms with Crippen LogP contribution < -0.4 is 4.72 Å². The summed E-state index contributed by atoms with van der Waals surface area (Å²) in [6, 6.07) is 3.26. The minimum atomic E-state index is -3.45. The molecule has 0 aromatic heterocycles. The van der Waals surface area contributed by atoms with E-state index in [1.807, 2.05) is 6.92 Å². The molecule has 0 saturated heterocycles. The molecule has 0 fully saturated rings. The molecule has 0 bridgehead atoms. The Morgan fingerprint density at radius 3 is 2.41 bits per heavy atom. The Kier molecular flexibility index (Phi) is 6.12. The van der Waals surface area contributed by atoms with Crippen LogP contribution in [0.2, 0.25) is 0 Å². The first-order valence-corrected chi connectivity index (χ1v) is 8.89. The van der Waals surface area contributed by atoms with Crippen molar-refractivity contribution in [3.8, 4) is 0 Å². The van der Waals surface area contributed by atoms with Gasteiger partial charge in [0.25, 0.3) is 0 Å². The van der Waals surface area contributed by atoms with E-state index >= 15 is 0 Å². The zero-order chi connectivity index (χ0) is 13.1. The fourth-order valence-electron chi connectivity index (χ4n) is 1.18. The second-order valence-corrected chi connectivity index (χ2v) is 7.60. The zero-order valence-electron chi connectivity index (χ0n) is 9.13. The van der Waals surface area contributed by atoms with E-state index in [4.69, 9.17) is 0 Å². The van der Waals surface area contributed by atoms with Gasteiger partial charge in [0.2, 0.25) is 10.0 Å². The highest BCUT2D eigenvalue weighted by molar-refractivity contribution is 9.14. The van der Waals surface area contributed by atoms with Gasteiger partial charge in [0.15, 0.2) is 0 Å². The van der Waals surface area contributed by atoms with Crippen LogP contribution in [0.5, 0.6) is 0 Å². The van der Waals surface area contributed by atoms with Crippen LogP contribution >= 0.6 is 47.8 Å². The Morgan fingerprint density at radius 2 is 1.82 bits per heavy atom. The molecular formula is C10H12Br3NO2S. The summed E-state index contributed by atoms with van der Waals surface area (Å²) in [4.78, 5) is 0.240. The van der Waals surface area contributed by atoms with Gasteiger partial charge in [0.05, 0.1) is 9.37 Å². The van der Waals surface area contributed by atoms with E-state index in [1.54, 1.807) is 12.1 Å². The van der Waals surface area contributed by atoms with Crippen LogP contribution in [-0.2, 0) is 10.0 Å². The summed E-state index contributed by atoms with van der Waals surface area (Å²) in [5, 5.41) is 0. The smallest absolute Gasteiger partial charge is 0.211 e. The van der Waals surface area contributed by atoms with Crippen LogP contribution in [0.1, 0.15) is 19.8 Å². The monoisotopic (exact) mass is 447 g/mol. The predicted molar refractivity (Wildman–Crippen MR) is 79.6 cm³/mol. The Balaban J connectivity index is 3.04. The third kappa shape index (κ3) is 4.02. The number of benzene rings is 1. The molecule has 1 N–H and O–H groups in total. The molecule has 3 nitrogen and oxygen atoms in total. The van der Waals surface area contributed by atoms with Gasteiger partial charge >= 0.3 is 0 Å². The summed E-state index contributed by atoms with van der Waals surface area (Å²) >= 11 is 9.92. The minimum absolute atomic E-state index is 0.240. The fraction of sp³-hybridized carbons (Fsp3) is 0.400. The van der Waals surface area contributed by atoms with Gasteiger partial charge in [-0.2, -0.15) is 0 Å². The number of hydrogen-bond donors (Lipinski definition) is 1. The molecule has 96 valence electrons. The standard InChI is InChI=1S/C10H12Br3NO2S/c1-2-3-6-14-17(15,16)8-5-4-7(11)9(12)10(8)13/h4-5,14H,2-3,6H2,1H3. The van der Waals surface area contributed by atoms with Gasteiger partial charge in [-0.3, -0.25) is 0 Å². The quantitative estimate of drug-likeness (QED) is 0.544. The third-order valence-electron chi connectivity index (χ3n) is 2.11. The molecule has 17 heavy (non-hydrogen) atoms. The first-order chi connectivity index (χ1) is 7.90. The molecular weight excluding hydrogens is 438 g/mol. The van der Waals surface area contributed by atoms with Crippen molar-refractivity contribution in [3.63, 3.8) is 0 Å². The van der Waals surface area contributed by atoms with E-state index in [9.17, 15) is 8.42 Å². The molecule has 0 aliphatic rings. The van der Waals surface area contributed by atoms with Crippen LogP contribution in [-0.4, -0.2) is 15.0 Å². The lowest BCUT2D eigenvalue weighted by atomic mass is 10.3. The third-order valence-corrected chi connectivity index (χ3v) is 7.25. The van der Waals surface area contributed by atoms with Crippen molar-refractivity contribution in [1.29, 1.82) is 0 Å². The molecule has 7 heteroatoms. The molecule has 0 radical (unpaired) electrons. The van der Waals surface area contributed by atoms with Gasteiger partial charge in [-0.25, -0.2) is 13.1 Å². The number of halogens is 3. The largest absolute Gasteiger partial charge is 0.241 e. The van der Waals surface area contributed by atoms with Crippen LogP contribution in [0.4, 0.5) is 0 Å². The maximum Gasteiger partial charge on any atom is 0.241 e. The Labute approximate surface area is 127 Å². The van der Waals surface area contributed by atoms with E-state index in [2.05, 4.69) is 52.5 Å². The molecule has 0 saturated carbocycles. The summed E-state index contributed by atoms with van der Waals surface area (Å²) in [7, 11) is -3.45. The predicted octanol–water partition coefficient (Wildman–Crippen LogP) is 4.05. The van der Waals surface area contributed by atoms with Crippen molar-refractivity contribution >= 4 is 57.8 Å². The van der Waals surface area contributed by atoms with Crippen molar-refractivity contribution in [2.24, 2.45) is 0 Å². The fourth-order valence-corrected chi connectivity index (χ4v) is 4.39. The first kappa shape index (κ1) is 15.6. The van der Waals surface area contributed by atoms with Crippen LogP contribution in [0.25, 0.3) is 0 Å². The number of sulfonamides is 1. The highest BCUT2D eigenvalue weighted by atomic mass is 79.9. The van der Waals surface area contributed by atoms with E-state index in [1.165, 1.54) is 0 Å². The van der Waals surface area contributed by atoms with E-state index in [-0.39, 0.29) is 4.90 Å². The Bertz CT molecular complexity index is 503. The van der Waals surface area contributed by atoms with Gasteiger partial charge in [-0.15, -0.1) is 0 Å². The molecule has 0 unspecified atom stereocenters. The van der Waals surface area contributed by atoms with E-state index < -0.39 is 10.0 Å². The average molecular weight is 450 g/mol. The number of hydrogen-bond acceptors (Lipinski definition) is 2. The van der Waals surface area contributed by atoms with Gasteiger partial charge in [0.1, 0.15) is 0 Å². The molecule has 1 rings (SSSR count). The normalized spacial score (nSPS) is 11.8. The number of unbranched alkanes of at least 4 members (excludes halogenated alkanes) is 1. The molecule has 0 atom stereocenters. The van der Waals surface area contributed by atoms with E-state index in [0.717, 1.165) is 17.3 Å². The SMILES string of the molecule is CCCCNS(=O)(=O)c1ccc(Br)c(Br)c1Br. The minimum Gasteiger partial charge on any atom is -0.211 e. The Morgan fingerprint density at radius 1 is 1.18 bits per heavy atom. The summed E-state index contributed by atoms with van der Waals surface area (Å²) < 4.78 is 28.6. The first-order valence-electron chi connectivity index (χ1n) is 5.03. The maximum atomic E-state index is 12.0. The van der Waals surface area contributed by atoms with Crippen molar-refractivity contribution < 1.29 is 8.42 Å². The van der Waals surface area contributed by atoms with Crippen LogP contribution in [0, 0.1) is 0 Å². The number of rotatable bonds is 5. The van der Waals surface area contributed by atoms with Crippen molar-refractivity contribution in [1.82, 2.24) is 4.72 Å². The highest BCUT2D eigenvalue weighted by Gasteiger charge is 2.19. The second-order valence-electron chi connectivity index (χ2n) is 3.42. The summed E-state index contributed by atoms with van der Waals surface area (Å²) in [6.07, 6.45) is 1.78. The van der Waals surface area contributed by atoms with Crippen molar-refractivity contribution in [2.75, 3.05) is 6.54 Å². The molecule has 1 aromatic rings. The number of nitrogens with one attached hydrogen (secondary N) is 1. The van der Waals surface area contributed by atoms with E-state index in [0.29, 0.717) is 15.5 Å². The van der Waals surface area contributed by atoms with Gasteiger partial charge in [-0.1, -0.05) is 13.3 Å². The van der Waals surface area contributed by atoms with Crippen LogP contribution in [0.15, 0.2) is 30.4 Å². The van der Waals surface area contributed by atoms with Gasteiger partial charge < -0.3 is 0 Å². The molecule has 0 amide bonds. The molecule has 1 aromatic carbocycles. The summed E-state index contributed by atoms with van der Waals surface area (Å²) in [6.45, 7) is 2.47. The lowest BCUT2D eigenvalue weighted by Crippen LogP contribution is -2.25. The summed E-state index contributed by atoms with van der Waals surface area (Å²) in [5.74, 6) is 0. The average Bonchev–Trinajstić information content (AvgIpc) is 2.26. The van der Waals surface area contributed by atoms with Gasteiger partial charge in [-0.05, 0) is 66.3 Å². The maximum absolute atomic E-state index is 12.0. The Hall–Kier alpha value is 0.570. The topological polar surface area (TPSA) is 46.2 Å². The molecule has 0 heterocycles. The molecule has 0 aliphatic heterocycles. The van der Waals surface area contributed by atoms with Crippen LogP contribution in [0.3, 0.4) is 0 Å². The molecule has 0 spiro atoms. The lowest BCUT2D eigenvalue weighted by Gasteiger charge is -2.10. The second kappa shape index (κ2) is 6.65. The van der Waals surface area contributed by atoms with Crippen molar-refractivity contribution in [2.45, 2.75) is 24.7 Å². The lowest BCUT2D eigenvalue weighted by molar-refractivity contribution is 0.578. The van der Waals surface area contributed by atoms with Gasteiger partial charge in [0, 0.05) is 15.5 Å².